The molecule has 0 radical (unpaired) electrons. The van der Waals surface area contributed by atoms with E-state index >= 15 is 0 Å². The quantitative estimate of drug-likeness (QED) is 0.302. The molecule has 1 aromatic heterocycles. The lowest BCUT2D eigenvalue weighted by Gasteiger charge is -2.44. The number of aromatic nitrogens is 1. The molecule has 2 heterocycles. The fourth-order valence-corrected chi connectivity index (χ4v) is 4.28. The Labute approximate surface area is 193 Å². The summed E-state index contributed by atoms with van der Waals surface area (Å²) in [5, 5.41) is 12.6. The molecule has 1 aliphatic heterocycles. The Kier molecular flexibility index (Phi) is 7.08. The highest BCUT2D eigenvalue weighted by atomic mass is 31.1. The van der Waals surface area contributed by atoms with Gasteiger partial charge in [-0.15, -0.1) is 0 Å². The van der Waals surface area contributed by atoms with E-state index in [2.05, 4.69) is 5.48 Å². The molecule has 3 aromatic rings. The van der Waals surface area contributed by atoms with Gasteiger partial charge in [0.15, 0.2) is 11.4 Å². The summed E-state index contributed by atoms with van der Waals surface area (Å²) in [4.78, 5) is 27.1. The number of hydroxylamine groups is 1. The van der Waals surface area contributed by atoms with E-state index in [-0.39, 0.29) is 18.4 Å². The fourth-order valence-electron chi connectivity index (χ4n) is 3.93. The van der Waals surface area contributed by atoms with E-state index in [1.54, 1.807) is 15.8 Å². The predicted octanol–water partition coefficient (Wildman–Crippen LogP) is 2.87. The minimum atomic E-state index is -0.587. The van der Waals surface area contributed by atoms with Crippen LogP contribution in [0.5, 0.6) is 5.75 Å². The number of rotatable bonds is 8. The highest BCUT2D eigenvalue weighted by Crippen LogP contribution is 2.32. The number of benzene rings is 2. The molecule has 2 aromatic carbocycles. The smallest absolute Gasteiger partial charge is 0.277 e. The van der Waals surface area contributed by atoms with Gasteiger partial charge in [0.05, 0.1) is 6.04 Å². The summed E-state index contributed by atoms with van der Waals surface area (Å²) in [5.74, 6) is -0.953. The van der Waals surface area contributed by atoms with Gasteiger partial charge in [-0.1, -0.05) is 60.7 Å². The van der Waals surface area contributed by atoms with E-state index in [9.17, 15) is 14.7 Å². The Hall–Kier alpha value is -3.19. The number of nitrogens with one attached hydrogen (secondary N) is 1. The van der Waals surface area contributed by atoms with Gasteiger partial charge in [-0.05, 0) is 24.5 Å². The van der Waals surface area contributed by atoms with Gasteiger partial charge in [-0.25, -0.2) is 0 Å². The first-order valence-corrected chi connectivity index (χ1v) is 12.8. The van der Waals surface area contributed by atoms with Gasteiger partial charge in [0, 0.05) is 33.5 Å². The summed E-state index contributed by atoms with van der Waals surface area (Å²) < 4.78 is 7.05. The van der Waals surface area contributed by atoms with Crippen molar-refractivity contribution in [3.8, 4) is 5.75 Å². The van der Waals surface area contributed by atoms with Crippen molar-refractivity contribution < 1.29 is 14.5 Å². The molecule has 2 N–H and O–H groups in total. The van der Waals surface area contributed by atoms with E-state index in [1.165, 1.54) is 6.07 Å². The summed E-state index contributed by atoms with van der Waals surface area (Å²) in [7, 11) is -0.582. The average Bonchev–Trinajstić information content (AvgIpc) is 2.82. The molecule has 0 saturated heterocycles. The number of hydrogen-bond donors (Lipinski definition) is 2. The summed E-state index contributed by atoms with van der Waals surface area (Å²) in [6.07, 6.45) is 1.55. The van der Waals surface area contributed by atoms with Crippen LogP contribution in [0.25, 0.3) is 0 Å². The Morgan fingerprint density at radius 2 is 1.61 bits per heavy atom. The van der Waals surface area contributed by atoms with Gasteiger partial charge in [0.2, 0.25) is 5.43 Å². The van der Waals surface area contributed by atoms with Gasteiger partial charge < -0.3 is 10.0 Å². The summed E-state index contributed by atoms with van der Waals surface area (Å²) >= 11 is 0. The van der Waals surface area contributed by atoms with E-state index in [1.807, 2.05) is 79.0 Å². The van der Waals surface area contributed by atoms with Crippen molar-refractivity contribution in [1.29, 1.82) is 0 Å². The van der Waals surface area contributed by atoms with E-state index in [0.717, 1.165) is 11.1 Å². The Morgan fingerprint density at radius 3 is 2.18 bits per heavy atom. The summed E-state index contributed by atoms with van der Waals surface area (Å²) in [6, 6.07) is 20.9. The maximum atomic E-state index is 13.3. The van der Waals surface area contributed by atoms with Gasteiger partial charge in [0.25, 0.3) is 5.91 Å². The lowest BCUT2D eigenvalue weighted by Crippen LogP contribution is -2.56. The minimum Gasteiger partial charge on any atom is -0.502 e. The Bertz CT molecular complexity index is 1110. The molecule has 33 heavy (non-hydrogen) atoms. The third-order valence-corrected chi connectivity index (χ3v) is 5.89. The van der Waals surface area contributed by atoms with Crippen molar-refractivity contribution in [2.75, 3.05) is 38.1 Å². The lowest BCUT2D eigenvalue weighted by atomic mass is 9.98. The van der Waals surface area contributed by atoms with Gasteiger partial charge in [0.1, 0.15) is 6.67 Å². The van der Waals surface area contributed by atoms with Gasteiger partial charge in [-0.3, -0.25) is 23.9 Å². The molecule has 1 amide bonds. The largest absolute Gasteiger partial charge is 0.502 e. The zero-order valence-corrected chi connectivity index (χ0v) is 19.5. The van der Waals surface area contributed by atoms with Crippen molar-refractivity contribution in [1.82, 2.24) is 15.1 Å². The minimum absolute atomic E-state index is 0.0419. The third kappa shape index (κ3) is 4.93. The second-order valence-electron chi connectivity index (χ2n) is 7.89. The zero-order valence-electron chi connectivity index (χ0n) is 18.6. The maximum Gasteiger partial charge on any atom is 0.277 e. The summed E-state index contributed by atoms with van der Waals surface area (Å²) in [5.41, 5.74) is 4.31. The van der Waals surface area contributed by atoms with Crippen molar-refractivity contribution in [3.63, 3.8) is 0 Å². The highest BCUT2D eigenvalue weighted by Gasteiger charge is 2.36. The van der Waals surface area contributed by atoms with Crippen molar-refractivity contribution >= 4 is 14.1 Å². The molecular formula is C24H27N4O4P. The second kappa shape index (κ2) is 10.2. The monoisotopic (exact) mass is 466 g/mol. The molecular weight excluding hydrogens is 439 g/mol. The van der Waals surface area contributed by atoms with Crippen LogP contribution in [0.15, 0.2) is 77.7 Å². The van der Waals surface area contributed by atoms with Crippen LogP contribution in [-0.2, 0) is 4.62 Å². The molecule has 8 nitrogen and oxygen atoms in total. The predicted molar refractivity (Wildman–Crippen MR) is 129 cm³/mol. The molecule has 9 heteroatoms. The Balaban J connectivity index is 1.78. The van der Waals surface area contributed by atoms with Crippen molar-refractivity contribution in [3.05, 3.63) is 100.0 Å². The van der Waals surface area contributed by atoms with Crippen LogP contribution >= 0.6 is 8.15 Å². The first-order chi connectivity index (χ1) is 16.0. The number of fused-ring (bicyclic) bond motifs is 1. The van der Waals surface area contributed by atoms with Crippen LogP contribution in [0.3, 0.4) is 0 Å². The first-order valence-electron chi connectivity index (χ1n) is 10.6. The zero-order chi connectivity index (χ0) is 23.4. The number of amides is 1. The maximum absolute atomic E-state index is 13.3. The van der Waals surface area contributed by atoms with E-state index in [4.69, 9.17) is 4.62 Å². The van der Waals surface area contributed by atoms with Crippen LogP contribution in [0.4, 0.5) is 0 Å². The molecule has 0 fully saturated rings. The molecule has 0 bridgehead atoms. The number of carbonyl (C=O) groups is 1. The first kappa shape index (κ1) is 23.0. The van der Waals surface area contributed by atoms with Crippen LogP contribution < -0.4 is 15.9 Å². The SMILES string of the molecule is CP(C)ONCCN1CN(C(c2ccccc2)c2ccccc2)n2ccc(=O)c(O)c2C1=O. The molecule has 4 rings (SSSR count). The molecule has 0 spiro atoms. The van der Waals surface area contributed by atoms with Crippen molar-refractivity contribution in [2.45, 2.75) is 6.04 Å². The number of carbonyl (C=O) groups excluding carboxylic acids is 1. The summed E-state index contributed by atoms with van der Waals surface area (Å²) in [6.45, 7) is 4.97. The Morgan fingerprint density at radius 1 is 1.00 bits per heavy atom. The fraction of sp³-hybridized carbons (Fsp3) is 0.250. The standard InChI is InChI=1S/C24H27N4O4P/c1-33(2)32-25-14-16-26-17-28(27-15-13-20(29)23(30)22(27)24(26)31)21(18-9-5-3-6-10-18)19-11-7-4-8-12-19/h3-13,15,21,25,30H,14,16-17H2,1-2H3. The van der Waals surface area contributed by atoms with Gasteiger partial charge in [-0.2, -0.15) is 5.48 Å². The van der Waals surface area contributed by atoms with Crippen LogP contribution in [0, 0.1) is 0 Å². The molecule has 172 valence electrons. The number of aromatic hydroxyl groups is 1. The molecule has 0 atom stereocenters. The van der Waals surface area contributed by atoms with Crippen LogP contribution in [-0.4, -0.2) is 53.7 Å². The van der Waals surface area contributed by atoms with Crippen molar-refractivity contribution in [2.24, 2.45) is 0 Å². The van der Waals surface area contributed by atoms with E-state index in [0.29, 0.717) is 13.1 Å². The van der Waals surface area contributed by atoms with Crippen LogP contribution in [0.2, 0.25) is 0 Å². The second-order valence-corrected chi connectivity index (χ2v) is 9.70. The number of pyridine rings is 1. The van der Waals surface area contributed by atoms with E-state index < -0.39 is 25.2 Å². The van der Waals surface area contributed by atoms with Crippen LogP contribution in [0.1, 0.15) is 27.7 Å². The average molecular weight is 466 g/mol. The van der Waals surface area contributed by atoms with Gasteiger partial charge >= 0.3 is 0 Å². The molecule has 1 aliphatic rings. The normalized spacial score (nSPS) is 13.6. The lowest BCUT2D eigenvalue weighted by molar-refractivity contribution is 0.0663. The molecule has 0 aliphatic carbocycles. The molecule has 0 saturated carbocycles. The topological polar surface area (TPSA) is 87.0 Å². The number of nitrogens with zero attached hydrogens (tertiary/aromatic N) is 3. The number of hydrogen-bond acceptors (Lipinski definition) is 6. The molecule has 0 unspecified atom stereocenters. The highest BCUT2D eigenvalue weighted by molar-refractivity contribution is 7.50. The third-order valence-electron chi connectivity index (χ3n) is 5.40.